The second kappa shape index (κ2) is 5.74. The van der Waals surface area contributed by atoms with Crippen LogP contribution >= 0.6 is 0 Å². The molecule has 1 aromatic heterocycles. The van der Waals surface area contributed by atoms with E-state index >= 15 is 0 Å². The molecule has 0 spiro atoms. The summed E-state index contributed by atoms with van der Waals surface area (Å²) in [6.45, 7) is 1.91. The summed E-state index contributed by atoms with van der Waals surface area (Å²) >= 11 is 0. The molecule has 1 heterocycles. The molecule has 0 radical (unpaired) electrons. The minimum atomic E-state index is -0.191. The molecule has 0 N–H and O–H groups in total. The number of fused-ring (bicyclic) bond motifs is 3. The monoisotopic (exact) mass is 331 g/mol. The van der Waals surface area contributed by atoms with Crippen molar-refractivity contribution in [1.29, 1.82) is 0 Å². The fraction of sp³-hybridized carbons (Fsp3) is 0.143. The Hall–Kier alpha value is -3.14. The lowest BCUT2D eigenvalue weighted by Crippen LogP contribution is -2.29. The summed E-state index contributed by atoms with van der Waals surface area (Å²) in [5.74, 6) is 0.554. The Bertz CT molecular complexity index is 973. The van der Waals surface area contributed by atoms with Crippen LogP contribution in [0.4, 0.5) is 0 Å². The average molecular weight is 331 g/mol. The number of carbonyl (C=O) groups is 2. The molecule has 1 aliphatic carbocycles. The summed E-state index contributed by atoms with van der Waals surface area (Å²) in [6.07, 6.45) is 1.59. The molecule has 25 heavy (non-hydrogen) atoms. The van der Waals surface area contributed by atoms with Gasteiger partial charge < -0.3 is 9.32 Å². The Morgan fingerprint density at radius 2 is 1.68 bits per heavy atom. The van der Waals surface area contributed by atoms with Crippen LogP contribution < -0.4 is 0 Å². The number of benzene rings is 2. The molecular weight excluding hydrogens is 314 g/mol. The van der Waals surface area contributed by atoms with Gasteiger partial charge in [0.15, 0.2) is 5.78 Å². The molecule has 1 amide bonds. The van der Waals surface area contributed by atoms with Gasteiger partial charge in [0.05, 0.1) is 12.3 Å². The van der Waals surface area contributed by atoms with Crippen molar-refractivity contribution in [3.8, 4) is 11.1 Å². The van der Waals surface area contributed by atoms with E-state index < -0.39 is 0 Å². The second-order valence-electron chi connectivity index (χ2n) is 6.24. The zero-order valence-corrected chi connectivity index (χ0v) is 14.0. The number of carbonyl (C=O) groups excluding carboxylic acids is 2. The highest BCUT2D eigenvalue weighted by molar-refractivity contribution is 6.22. The molecule has 124 valence electrons. The van der Waals surface area contributed by atoms with Gasteiger partial charge in [-0.3, -0.25) is 9.59 Å². The maximum Gasteiger partial charge on any atom is 0.254 e. The van der Waals surface area contributed by atoms with Gasteiger partial charge in [-0.25, -0.2) is 0 Å². The Morgan fingerprint density at radius 3 is 2.40 bits per heavy atom. The molecule has 1 atom stereocenters. The number of rotatable bonds is 3. The Kier molecular flexibility index (Phi) is 3.53. The molecule has 3 aromatic rings. The van der Waals surface area contributed by atoms with E-state index in [0.29, 0.717) is 16.7 Å². The van der Waals surface area contributed by atoms with Crippen molar-refractivity contribution in [2.45, 2.75) is 13.0 Å². The molecule has 4 nitrogen and oxygen atoms in total. The fourth-order valence-corrected chi connectivity index (χ4v) is 3.26. The van der Waals surface area contributed by atoms with Crippen LogP contribution in [0.1, 0.15) is 45.0 Å². The smallest absolute Gasteiger partial charge is 0.254 e. The molecule has 0 saturated carbocycles. The fourth-order valence-electron chi connectivity index (χ4n) is 3.26. The van der Waals surface area contributed by atoms with Gasteiger partial charge >= 0.3 is 0 Å². The Morgan fingerprint density at radius 1 is 0.960 bits per heavy atom. The normalized spacial score (nSPS) is 13.3. The third-order valence-corrected chi connectivity index (χ3v) is 4.83. The minimum absolute atomic E-state index is 0.0259. The predicted octanol–water partition coefficient (Wildman–Crippen LogP) is 4.32. The van der Waals surface area contributed by atoms with Crippen molar-refractivity contribution in [3.05, 3.63) is 83.3 Å². The van der Waals surface area contributed by atoms with Crippen molar-refractivity contribution >= 4 is 11.7 Å². The van der Waals surface area contributed by atoms with Gasteiger partial charge in [0.25, 0.3) is 5.91 Å². The van der Waals surface area contributed by atoms with Crippen LogP contribution in [0.2, 0.25) is 0 Å². The summed E-state index contributed by atoms with van der Waals surface area (Å²) in [5, 5.41) is 0. The highest BCUT2D eigenvalue weighted by atomic mass is 16.3. The first-order chi connectivity index (χ1) is 12.1. The van der Waals surface area contributed by atoms with Crippen molar-refractivity contribution < 1.29 is 14.0 Å². The summed E-state index contributed by atoms with van der Waals surface area (Å²) in [5.41, 5.74) is 3.60. The van der Waals surface area contributed by atoms with E-state index in [1.165, 1.54) is 0 Å². The molecule has 0 saturated heterocycles. The third-order valence-electron chi connectivity index (χ3n) is 4.83. The van der Waals surface area contributed by atoms with Gasteiger partial charge in [0.1, 0.15) is 5.76 Å². The number of hydrogen-bond donors (Lipinski definition) is 0. The first-order valence-electron chi connectivity index (χ1n) is 8.16. The van der Waals surface area contributed by atoms with Gasteiger partial charge in [0.2, 0.25) is 0 Å². The Balaban J connectivity index is 1.67. The molecule has 0 fully saturated rings. The zero-order valence-electron chi connectivity index (χ0n) is 14.0. The van der Waals surface area contributed by atoms with Gasteiger partial charge in [-0.2, -0.15) is 0 Å². The van der Waals surface area contributed by atoms with E-state index in [2.05, 4.69) is 0 Å². The minimum Gasteiger partial charge on any atom is -0.467 e. The SMILES string of the molecule is CC(c1ccco1)N(C)C(=O)c1ccc2c(c1)C(=O)c1ccccc1-2. The first-order valence-corrected chi connectivity index (χ1v) is 8.16. The predicted molar refractivity (Wildman–Crippen MR) is 94.5 cm³/mol. The maximum atomic E-state index is 12.8. The molecule has 0 aliphatic heterocycles. The van der Waals surface area contributed by atoms with Crippen molar-refractivity contribution in [2.75, 3.05) is 7.05 Å². The van der Waals surface area contributed by atoms with E-state index in [1.54, 1.807) is 36.4 Å². The summed E-state index contributed by atoms with van der Waals surface area (Å²) in [7, 11) is 1.74. The van der Waals surface area contributed by atoms with Crippen LogP contribution in [0.25, 0.3) is 11.1 Å². The Labute approximate surface area is 145 Å². The van der Waals surface area contributed by atoms with E-state index in [4.69, 9.17) is 4.42 Å². The summed E-state index contributed by atoms with van der Waals surface area (Å²) < 4.78 is 5.39. The molecule has 4 heteroatoms. The van der Waals surface area contributed by atoms with Crippen molar-refractivity contribution in [2.24, 2.45) is 0 Å². The number of nitrogens with zero attached hydrogens (tertiary/aromatic N) is 1. The van der Waals surface area contributed by atoms with E-state index in [-0.39, 0.29) is 17.7 Å². The highest BCUT2D eigenvalue weighted by Crippen LogP contribution is 2.37. The molecule has 1 aliphatic rings. The van der Waals surface area contributed by atoms with Crippen LogP contribution in [0.15, 0.2) is 65.3 Å². The van der Waals surface area contributed by atoms with E-state index in [0.717, 1.165) is 16.9 Å². The van der Waals surface area contributed by atoms with Crippen LogP contribution in [-0.2, 0) is 0 Å². The van der Waals surface area contributed by atoms with Crippen LogP contribution in [-0.4, -0.2) is 23.6 Å². The molecule has 0 bridgehead atoms. The lowest BCUT2D eigenvalue weighted by atomic mass is 10.0. The molecule has 1 unspecified atom stereocenters. The maximum absolute atomic E-state index is 12.8. The average Bonchev–Trinajstić information content (AvgIpc) is 3.28. The summed E-state index contributed by atoms with van der Waals surface area (Å²) in [4.78, 5) is 27.1. The molecular formula is C21H17NO3. The highest BCUT2D eigenvalue weighted by Gasteiger charge is 2.28. The largest absolute Gasteiger partial charge is 0.467 e. The van der Waals surface area contributed by atoms with Crippen molar-refractivity contribution in [1.82, 2.24) is 4.90 Å². The zero-order chi connectivity index (χ0) is 17.6. The van der Waals surface area contributed by atoms with Crippen LogP contribution in [0, 0.1) is 0 Å². The van der Waals surface area contributed by atoms with Crippen LogP contribution in [0.3, 0.4) is 0 Å². The van der Waals surface area contributed by atoms with Crippen molar-refractivity contribution in [3.63, 3.8) is 0 Å². The van der Waals surface area contributed by atoms with Gasteiger partial charge in [0, 0.05) is 23.7 Å². The number of hydrogen-bond acceptors (Lipinski definition) is 3. The van der Waals surface area contributed by atoms with Gasteiger partial charge in [-0.1, -0.05) is 30.3 Å². The summed E-state index contributed by atoms with van der Waals surface area (Å²) in [6, 6.07) is 16.3. The van der Waals surface area contributed by atoms with Crippen LogP contribution in [0.5, 0.6) is 0 Å². The van der Waals surface area contributed by atoms with E-state index in [9.17, 15) is 9.59 Å². The topological polar surface area (TPSA) is 50.5 Å². The third kappa shape index (κ3) is 2.38. The second-order valence-corrected chi connectivity index (χ2v) is 6.24. The lowest BCUT2D eigenvalue weighted by molar-refractivity contribution is 0.0726. The first kappa shape index (κ1) is 15.4. The van der Waals surface area contributed by atoms with Gasteiger partial charge in [-0.05, 0) is 42.3 Å². The lowest BCUT2D eigenvalue weighted by Gasteiger charge is -2.23. The molecule has 2 aromatic carbocycles. The number of furan rings is 1. The van der Waals surface area contributed by atoms with Gasteiger partial charge in [-0.15, -0.1) is 0 Å². The number of amides is 1. The molecule has 4 rings (SSSR count). The standard InChI is InChI=1S/C21H17NO3/c1-13(19-8-5-11-25-19)22(2)21(24)14-9-10-16-15-6-3-4-7-17(15)20(23)18(16)12-14/h3-13H,1-2H3. The van der Waals surface area contributed by atoms with E-state index in [1.807, 2.05) is 43.3 Å². The number of ketones is 1. The quantitative estimate of drug-likeness (QED) is 0.561.